The number of benzene rings is 1. The van der Waals surface area contributed by atoms with Crippen LogP contribution < -0.4 is 5.32 Å². The zero-order chi connectivity index (χ0) is 15.7. The summed E-state index contributed by atoms with van der Waals surface area (Å²) in [5.74, 6) is 0. The van der Waals surface area contributed by atoms with Crippen molar-refractivity contribution in [3.8, 4) is 0 Å². The van der Waals surface area contributed by atoms with Crippen molar-refractivity contribution in [1.82, 2.24) is 5.32 Å². The van der Waals surface area contributed by atoms with Crippen molar-refractivity contribution in [3.05, 3.63) is 35.4 Å². The van der Waals surface area contributed by atoms with Crippen LogP contribution in [0, 0.1) is 0 Å². The minimum atomic E-state index is 0.310. The summed E-state index contributed by atoms with van der Waals surface area (Å²) in [4.78, 5) is 0. The van der Waals surface area contributed by atoms with Gasteiger partial charge >= 0.3 is 0 Å². The molecule has 2 rings (SSSR count). The minimum Gasteiger partial charge on any atom is -0.385 e. The zero-order valence-electron chi connectivity index (χ0n) is 14.2. The summed E-state index contributed by atoms with van der Waals surface area (Å²) < 4.78 is 11.0. The smallest absolute Gasteiger partial charge is 0.0716 e. The van der Waals surface area contributed by atoms with Crippen LogP contribution in [0.15, 0.2) is 24.3 Å². The maximum Gasteiger partial charge on any atom is 0.0716 e. The molecule has 0 radical (unpaired) electrons. The highest BCUT2D eigenvalue weighted by Gasteiger charge is 2.33. The fourth-order valence-electron chi connectivity index (χ4n) is 3.47. The zero-order valence-corrected chi connectivity index (χ0v) is 14.2. The molecule has 1 fully saturated rings. The van der Waals surface area contributed by atoms with E-state index in [4.69, 9.17) is 9.47 Å². The SMILES string of the molecule is CCCOCc1cccc(C2(CCCOC)CCNCC2)c1. The minimum absolute atomic E-state index is 0.310. The molecule has 0 unspecified atom stereocenters. The van der Waals surface area contributed by atoms with Gasteiger partial charge in [-0.2, -0.15) is 0 Å². The monoisotopic (exact) mass is 305 g/mol. The standard InChI is InChI=1S/C19H31NO2/c1-3-13-22-16-17-6-4-7-18(15-17)19(8-5-14-21-2)9-11-20-12-10-19/h4,6-7,15,20H,3,5,8-14,16H2,1-2H3. The van der Waals surface area contributed by atoms with Crippen LogP contribution in [0.4, 0.5) is 0 Å². The predicted molar refractivity (Wildman–Crippen MR) is 91.3 cm³/mol. The molecule has 0 atom stereocenters. The number of rotatable bonds is 9. The molecule has 1 saturated heterocycles. The van der Waals surface area contributed by atoms with E-state index in [1.54, 1.807) is 7.11 Å². The lowest BCUT2D eigenvalue weighted by atomic mass is 9.70. The van der Waals surface area contributed by atoms with E-state index in [0.717, 1.165) is 45.8 Å². The lowest BCUT2D eigenvalue weighted by Crippen LogP contribution is -2.40. The Morgan fingerprint density at radius 1 is 1.18 bits per heavy atom. The van der Waals surface area contributed by atoms with Crippen LogP contribution in [0.5, 0.6) is 0 Å². The van der Waals surface area contributed by atoms with Gasteiger partial charge in [-0.3, -0.25) is 0 Å². The van der Waals surface area contributed by atoms with Gasteiger partial charge in [-0.1, -0.05) is 31.2 Å². The summed E-state index contributed by atoms with van der Waals surface area (Å²) >= 11 is 0. The summed E-state index contributed by atoms with van der Waals surface area (Å²) in [7, 11) is 1.79. The second kappa shape index (κ2) is 9.29. The molecule has 0 aliphatic carbocycles. The maximum atomic E-state index is 5.71. The van der Waals surface area contributed by atoms with Crippen molar-refractivity contribution in [3.63, 3.8) is 0 Å². The second-order valence-corrected chi connectivity index (χ2v) is 6.38. The van der Waals surface area contributed by atoms with Crippen LogP contribution in [-0.2, 0) is 21.5 Å². The van der Waals surface area contributed by atoms with E-state index in [0.29, 0.717) is 5.41 Å². The number of methoxy groups -OCH3 is 1. The molecule has 1 aliphatic heterocycles. The molecule has 1 aromatic rings. The molecule has 0 amide bonds. The molecule has 1 N–H and O–H groups in total. The van der Waals surface area contributed by atoms with Gasteiger partial charge in [0.05, 0.1) is 6.61 Å². The summed E-state index contributed by atoms with van der Waals surface area (Å²) in [6.45, 7) is 6.80. The number of ether oxygens (including phenoxy) is 2. The number of hydrogen-bond acceptors (Lipinski definition) is 3. The third kappa shape index (κ3) is 4.80. The Balaban J connectivity index is 2.10. The van der Waals surface area contributed by atoms with Crippen LogP contribution in [0.1, 0.15) is 50.2 Å². The highest BCUT2D eigenvalue weighted by atomic mass is 16.5. The van der Waals surface area contributed by atoms with Gasteiger partial charge in [0.15, 0.2) is 0 Å². The van der Waals surface area contributed by atoms with E-state index in [9.17, 15) is 0 Å². The van der Waals surface area contributed by atoms with Gasteiger partial charge in [0.1, 0.15) is 0 Å². The molecule has 3 heteroatoms. The van der Waals surface area contributed by atoms with Crippen LogP contribution in [0.2, 0.25) is 0 Å². The number of piperidine rings is 1. The Morgan fingerprint density at radius 2 is 2.00 bits per heavy atom. The molecule has 124 valence electrons. The molecule has 0 saturated carbocycles. The molecule has 1 heterocycles. The van der Waals surface area contributed by atoms with Crippen molar-refractivity contribution in [2.75, 3.05) is 33.4 Å². The first-order chi connectivity index (χ1) is 10.8. The van der Waals surface area contributed by atoms with Crippen LogP contribution in [0.25, 0.3) is 0 Å². The van der Waals surface area contributed by atoms with Crippen LogP contribution in [-0.4, -0.2) is 33.4 Å². The van der Waals surface area contributed by atoms with Gasteiger partial charge in [0, 0.05) is 20.3 Å². The van der Waals surface area contributed by atoms with Gasteiger partial charge in [-0.15, -0.1) is 0 Å². The Bertz CT molecular complexity index is 427. The Morgan fingerprint density at radius 3 is 2.73 bits per heavy atom. The maximum absolute atomic E-state index is 5.71. The molecule has 1 aliphatic rings. The van der Waals surface area contributed by atoms with Crippen molar-refractivity contribution >= 4 is 0 Å². The Hall–Kier alpha value is -0.900. The van der Waals surface area contributed by atoms with Gasteiger partial charge in [-0.05, 0) is 61.7 Å². The average molecular weight is 305 g/mol. The van der Waals surface area contributed by atoms with Gasteiger partial charge in [-0.25, -0.2) is 0 Å². The molecule has 1 aromatic carbocycles. The van der Waals surface area contributed by atoms with Gasteiger partial charge in [0.25, 0.3) is 0 Å². The first-order valence-electron chi connectivity index (χ1n) is 8.67. The summed E-state index contributed by atoms with van der Waals surface area (Å²) in [6, 6.07) is 9.05. The van der Waals surface area contributed by atoms with E-state index in [-0.39, 0.29) is 0 Å². The summed E-state index contributed by atoms with van der Waals surface area (Å²) in [6.07, 6.45) is 5.85. The topological polar surface area (TPSA) is 30.5 Å². The quantitative estimate of drug-likeness (QED) is 0.706. The third-order valence-corrected chi connectivity index (χ3v) is 4.72. The van der Waals surface area contributed by atoms with Crippen molar-refractivity contribution in [1.29, 1.82) is 0 Å². The number of nitrogens with one attached hydrogen (secondary N) is 1. The second-order valence-electron chi connectivity index (χ2n) is 6.38. The fraction of sp³-hybridized carbons (Fsp3) is 0.684. The first kappa shape index (κ1) is 17.5. The Kier molecular flexibility index (Phi) is 7.37. The van der Waals surface area contributed by atoms with Crippen molar-refractivity contribution in [2.45, 2.75) is 51.0 Å². The van der Waals surface area contributed by atoms with E-state index < -0.39 is 0 Å². The normalized spacial score (nSPS) is 17.5. The highest BCUT2D eigenvalue weighted by Crippen LogP contribution is 2.38. The molecule has 3 nitrogen and oxygen atoms in total. The first-order valence-corrected chi connectivity index (χ1v) is 8.67. The van der Waals surface area contributed by atoms with Crippen molar-refractivity contribution < 1.29 is 9.47 Å². The van der Waals surface area contributed by atoms with Crippen molar-refractivity contribution in [2.24, 2.45) is 0 Å². The van der Waals surface area contributed by atoms with Crippen LogP contribution in [0.3, 0.4) is 0 Å². The molecule has 0 bridgehead atoms. The summed E-state index contributed by atoms with van der Waals surface area (Å²) in [5, 5.41) is 3.50. The molecular weight excluding hydrogens is 274 g/mol. The lowest BCUT2D eigenvalue weighted by molar-refractivity contribution is 0.121. The highest BCUT2D eigenvalue weighted by molar-refractivity contribution is 5.31. The molecular formula is C19H31NO2. The largest absolute Gasteiger partial charge is 0.385 e. The molecule has 22 heavy (non-hydrogen) atoms. The van der Waals surface area contributed by atoms with E-state index in [1.165, 1.54) is 30.4 Å². The average Bonchev–Trinajstić information content (AvgIpc) is 2.57. The predicted octanol–water partition coefficient (Wildman–Crippen LogP) is 3.66. The molecule has 0 aromatic heterocycles. The fourth-order valence-corrected chi connectivity index (χ4v) is 3.47. The summed E-state index contributed by atoms with van der Waals surface area (Å²) in [5.41, 5.74) is 3.10. The third-order valence-electron chi connectivity index (χ3n) is 4.72. The van der Waals surface area contributed by atoms with Gasteiger partial charge in [0.2, 0.25) is 0 Å². The van der Waals surface area contributed by atoms with E-state index in [1.807, 2.05) is 0 Å². The number of hydrogen-bond donors (Lipinski definition) is 1. The lowest BCUT2D eigenvalue weighted by Gasteiger charge is -2.38. The van der Waals surface area contributed by atoms with E-state index in [2.05, 4.69) is 36.5 Å². The molecule has 0 spiro atoms. The van der Waals surface area contributed by atoms with Gasteiger partial charge < -0.3 is 14.8 Å². The Labute approximate surface area is 135 Å². The van der Waals surface area contributed by atoms with E-state index >= 15 is 0 Å². The van der Waals surface area contributed by atoms with Crippen LogP contribution >= 0.6 is 0 Å².